The number of aryl methyl sites for hydroxylation is 1. The van der Waals surface area contributed by atoms with Crippen molar-refractivity contribution >= 4 is 15.9 Å². The first-order valence-corrected chi connectivity index (χ1v) is 12.7. The zero-order valence-corrected chi connectivity index (χ0v) is 19.3. The second-order valence-corrected chi connectivity index (χ2v) is 10.3. The number of morpholine rings is 1. The monoisotopic (exact) mass is 457 g/mol. The van der Waals surface area contributed by atoms with Crippen molar-refractivity contribution in [3.63, 3.8) is 0 Å². The van der Waals surface area contributed by atoms with Crippen molar-refractivity contribution in [2.24, 2.45) is 0 Å². The van der Waals surface area contributed by atoms with Gasteiger partial charge in [0.2, 0.25) is 10.0 Å². The van der Waals surface area contributed by atoms with Gasteiger partial charge < -0.3 is 10.1 Å². The van der Waals surface area contributed by atoms with Gasteiger partial charge in [0.25, 0.3) is 5.91 Å². The Morgan fingerprint density at radius 1 is 1.03 bits per heavy atom. The third kappa shape index (κ3) is 5.04. The lowest BCUT2D eigenvalue weighted by Gasteiger charge is -2.28. The third-order valence-electron chi connectivity index (χ3n) is 6.28. The van der Waals surface area contributed by atoms with E-state index in [1.165, 1.54) is 15.9 Å². The molecule has 1 N–H and O–H groups in total. The van der Waals surface area contributed by atoms with E-state index >= 15 is 0 Å². The predicted octanol–water partition coefficient (Wildman–Crippen LogP) is 2.58. The van der Waals surface area contributed by atoms with Crippen LogP contribution in [0.5, 0.6) is 0 Å². The third-order valence-corrected chi connectivity index (χ3v) is 8.18. The molecule has 0 bridgehead atoms. The standard InChI is InChI=1S/C24H31N3O4S/c1-19-9-10-21(32(29,30)27-13-15-31-16-14-27)17-22(19)24(28)25-18-23(26-11-5-6-12-26)20-7-3-2-4-8-20/h2-4,7-10,17,23H,5-6,11-16,18H2,1H3,(H,25,28)/t23-/m0/s1. The number of nitrogens with zero attached hydrogens (tertiary/aromatic N) is 2. The van der Waals surface area contributed by atoms with Crippen LogP contribution in [0.3, 0.4) is 0 Å². The molecule has 1 atom stereocenters. The molecule has 8 heteroatoms. The Kier molecular flexibility index (Phi) is 7.25. The summed E-state index contributed by atoms with van der Waals surface area (Å²) >= 11 is 0. The molecule has 2 heterocycles. The Balaban J connectivity index is 1.51. The minimum atomic E-state index is -3.66. The lowest BCUT2D eigenvalue weighted by atomic mass is 10.0. The summed E-state index contributed by atoms with van der Waals surface area (Å²) in [6, 6.07) is 15.1. The van der Waals surface area contributed by atoms with Crippen molar-refractivity contribution in [1.82, 2.24) is 14.5 Å². The summed E-state index contributed by atoms with van der Waals surface area (Å²) in [5.41, 5.74) is 2.32. The average Bonchev–Trinajstić information content (AvgIpc) is 3.35. The number of carbonyl (C=O) groups is 1. The van der Waals surface area contributed by atoms with E-state index in [2.05, 4.69) is 22.3 Å². The number of ether oxygens (including phenoxy) is 1. The van der Waals surface area contributed by atoms with Crippen LogP contribution in [0.1, 0.15) is 40.4 Å². The molecule has 0 saturated carbocycles. The first-order chi connectivity index (χ1) is 15.5. The highest BCUT2D eigenvalue weighted by Crippen LogP contribution is 2.25. The maximum absolute atomic E-state index is 13.1. The van der Waals surface area contributed by atoms with Crippen molar-refractivity contribution in [2.75, 3.05) is 45.9 Å². The van der Waals surface area contributed by atoms with Gasteiger partial charge in [0.05, 0.1) is 24.2 Å². The summed E-state index contributed by atoms with van der Waals surface area (Å²) < 4.78 is 32.7. The molecule has 2 fully saturated rings. The molecule has 2 aromatic carbocycles. The Hall–Kier alpha value is -2.26. The zero-order chi connectivity index (χ0) is 22.6. The van der Waals surface area contributed by atoms with Crippen LogP contribution < -0.4 is 5.32 Å². The van der Waals surface area contributed by atoms with Crippen LogP contribution in [0, 0.1) is 6.92 Å². The normalized spacial score (nSPS) is 19.0. The van der Waals surface area contributed by atoms with Gasteiger partial charge in [-0.3, -0.25) is 9.69 Å². The van der Waals surface area contributed by atoms with Gasteiger partial charge in [-0.15, -0.1) is 0 Å². The summed E-state index contributed by atoms with van der Waals surface area (Å²) in [5, 5.41) is 3.06. The lowest BCUT2D eigenvalue weighted by Crippen LogP contribution is -2.40. The van der Waals surface area contributed by atoms with E-state index in [9.17, 15) is 13.2 Å². The summed E-state index contributed by atoms with van der Waals surface area (Å²) in [5.74, 6) is -0.248. The Bertz CT molecular complexity index is 1030. The van der Waals surface area contributed by atoms with E-state index in [0.29, 0.717) is 38.4 Å². The van der Waals surface area contributed by atoms with Crippen LogP contribution in [0.4, 0.5) is 0 Å². The summed E-state index contributed by atoms with van der Waals surface area (Å²) in [4.78, 5) is 15.7. The smallest absolute Gasteiger partial charge is 0.251 e. The van der Waals surface area contributed by atoms with Crippen molar-refractivity contribution in [3.8, 4) is 0 Å². The Morgan fingerprint density at radius 3 is 2.41 bits per heavy atom. The van der Waals surface area contributed by atoms with Crippen molar-refractivity contribution in [1.29, 1.82) is 0 Å². The molecule has 0 spiro atoms. The fourth-order valence-corrected chi connectivity index (χ4v) is 5.85. The number of hydrogen-bond acceptors (Lipinski definition) is 5. The molecule has 0 aliphatic carbocycles. The SMILES string of the molecule is Cc1ccc(S(=O)(=O)N2CCOCC2)cc1C(=O)NC[C@@H](c1ccccc1)N1CCCC1. The van der Waals surface area contributed by atoms with Gasteiger partial charge >= 0.3 is 0 Å². The zero-order valence-electron chi connectivity index (χ0n) is 18.5. The number of amides is 1. The van der Waals surface area contributed by atoms with Gasteiger partial charge in [-0.25, -0.2) is 8.42 Å². The Morgan fingerprint density at radius 2 is 1.72 bits per heavy atom. The molecule has 4 rings (SSSR count). The molecule has 2 saturated heterocycles. The molecule has 32 heavy (non-hydrogen) atoms. The van der Waals surface area contributed by atoms with Gasteiger partial charge in [0, 0.05) is 25.2 Å². The van der Waals surface area contributed by atoms with Crippen LogP contribution in [-0.4, -0.2) is 69.5 Å². The van der Waals surface area contributed by atoms with Crippen LogP contribution in [0.25, 0.3) is 0 Å². The van der Waals surface area contributed by atoms with E-state index in [0.717, 1.165) is 31.5 Å². The fourth-order valence-electron chi connectivity index (χ4n) is 4.41. The van der Waals surface area contributed by atoms with Crippen molar-refractivity contribution in [3.05, 3.63) is 65.2 Å². The highest BCUT2D eigenvalue weighted by Gasteiger charge is 2.28. The number of benzene rings is 2. The number of hydrogen-bond donors (Lipinski definition) is 1. The van der Waals surface area contributed by atoms with Gasteiger partial charge in [-0.1, -0.05) is 36.4 Å². The maximum atomic E-state index is 13.1. The van der Waals surface area contributed by atoms with Gasteiger partial charge in [0.1, 0.15) is 0 Å². The molecule has 1 amide bonds. The fraction of sp³-hybridized carbons (Fsp3) is 0.458. The molecule has 2 aliphatic rings. The largest absolute Gasteiger partial charge is 0.379 e. The Labute approximate surface area is 190 Å². The summed E-state index contributed by atoms with van der Waals surface area (Å²) in [7, 11) is -3.66. The molecule has 172 valence electrons. The maximum Gasteiger partial charge on any atom is 0.251 e. The average molecular weight is 458 g/mol. The molecule has 0 aromatic heterocycles. The highest BCUT2D eigenvalue weighted by atomic mass is 32.2. The van der Waals surface area contributed by atoms with E-state index in [1.807, 2.05) is 25.1 Å². The lowest BCUT2D eigenvalue weighted by molar-refractivity contribution is 0.0730. The van der Waals surface area contributed by atoms with Crippen LogP contribution >= 0.6 is 0 Å². The molecule has 0 unspecified atom stereocenters. The van der Waals surface area contributed by atoms with Crippen molar-refractivity contribution < 1.29 is 17.9 Å². The van der Waals surface area contributed by atoms with Crippen LogP contribution in [-0.2, 0) is 14.8 Å². The first-order valence-electron chi connectivity index (χ1n) is 11.2. The quantitative estimate of drug-likeness (QED) is 0.691. The number of carbonyl (C=O) groups excluding carboxylic acids is 1. The molecular weight excluding hydrogens is 426 g/mol. The number of rotatable bonds is 7. The first kappa shape index (κ1) is 22.9. The van der Waals surface area contributed by atoms with Crippen LogP contribution in [0.15, 0.2) is 53.4 Å². The van der Waals surface area contributed by atoms with Gasteiger partial charge in [-0.05, 0) is 56.1 Å². The van der Waals surface area contributed by atoms with E-state index < -0.39 is 10.0 Å². The topological polar surface area (TPSA) is 78.9 Å². The summed E-state index contributed by atoms with van der Waals surface area (Å²) in [6.45, 7) is 5.76. The minimum Gasteiger partial charge on any atom is -0.379 e. The van der Waals surface area contributed by atoms with Gasteiger partial charge in [0.15, 0.2) is 0 Å². The number of sulfonamides is 1. The minimum absolute atomic E-state index is 0.100. The molecule has 2 aromatic rings. The molecule has 2 aliphatic heterocycles. The molecular formula is C24H31N3O4S. The highest BCUT2D eigenvalue weighted by molar-refractivity contribution is 7.89. The van der Waals surface area contributed by atoms with Gasteiger partial charge in [-0.2, -0.15) is 4.31 Å². The van der Waals surface area contributed by atoms with E-state index in [-0.39, 0.29) is 16.8 Å². The number of likely N-dealkylation sites (tertiary alicyclic amines) is 1. The van der Waals surface area contributed by atoms with E-state index in [1.54, 1.807) is 12.1 Å². The molecule has 0 radical (unpaired) electrons. The van der Waals surface area contributed by atoms with E-state index in [4.69, 9.17) is 4.74 Å². The summed E-state index contributed by atoms with van der Waals surface area (Å²) in [6.07, 6.45) is 2.33. The predicted molar refractivity (Wildman–Crippen MR) is 123 cm³/mol. The number of nitrogens with one attached hydrogen (secondary N) is 1. The van der Waals surface area contributed by atoms with Crippen molar-refractivity contribution in [2.45, 2.75) is 30.7 Å². The second kappa shape index (κ2) is 10.1. The van der Waals surface area contributed by atoms with Crippen LogP contribution in [0.2, 0.25) is 0 Å². The molecule has 7 nitrogen and oxygen atoms in total. The second-order valence-electron chi connectivity index (χ2n) is 8.37.